The van der Waals surface area contributed by atoms with Crippen molar-refractivity contribution < 1.29 is 4.42 Å². The third kappa shape index (κ3) is 2.05. The average Bonchev–Trinajstić information content (AvgIpc) is 3.20. The molecule has 1 aliphatic heterocycles. The average molecular weight is 342 g/mol. The quantitative estimate of drug-likeness (QED) is 0.462. The molecule has 1 radical (unpaired) electrons. The van der Waals surface area contributed by atoms with E-state index in [1.165, 1.54) is 5.56 Å². The molecule has 2 aromatic carbocycles. The molecule has 0 bridgehead atoms. The van der Waals surface area contributed by atoms with Gasteiger partial charge in [0.2, 0.25) is 0 Å². The Labute approximate surface area is 152 Å². The number of pyridine rings is 1. The molecule has 0 saturated carbocycles. The molecule has 3 heterocycles. The summed E-state index contributed by atoms with van der Waals surface area (Å²) in [6.07, 6.45) is 1.85. The Morgan fingerprint density at radius 3 is 2.65 bits per heavy atom. The van der Waals surface area contributed by atoms with Crippen LogP contribution in [0.25, 0.3) is 21.9 Å². The van der Waals surface area contributed by atoms with E-state index in [0.717, 1.165) is 39.1 Å². The smallest absolute Gasteiger partial charge is 0.159 e. The molecule has 2 aromatic heterocycles. The van der Waals surface area contributed by atoms with E-state index < -0.39 is 0 Å². The SMILES string of the molecule is Cc1ccc2c(oc3ccccc32)c1N1[CH]N(C(C)C)c2ncccc21. The minimum Gasteiger partial charge on any atom is -0.454 e. The first-order chi connectivity index (χ1) is 12.6. The van der Waals surface area contributed by atoms with Crippen LogP contribution in [0.4, 0.5) is 17.2 Å². The van der Waals surface area contributed by atoms with Crippen molar-refractivity contribution in [1.82, 2.24) is 4.98 Å². The molecule has 5 rings (SSSR count). The van der Waals surface area contributed by atoms with Gasteiger partial charge < -0.3 is 14.2 Å². The van der Waals surface area contributed by atoms with E-state index in [0.29, 0.717) is 6.04 Å². The summed E-state index contributed by atoms with van der Waals surface area (Å²) in [5.41, 5.74) is 5.17. The van der Waals surface area contributed by atoms with E-state index in [4.69, 9.17) is 4.42 Å². The van der Waals surface area contributed by atoms with Crippen LogP contribution in [0, 0.1) is 13.6 Å². The minimum atomic E-state index is 0.323. The van der Waals surface area contributed by atoms with Gasteiger partial charge in [-0.05, 0) is 44.5 Å². The zero-order valence-electron chi connectivity index (χ0n) is 15.1. The van der Waals surface area contributed by atoms with Crippen LogP contribution in [0.2, 0.25) is 0 Å². The van der Waals surface area contributed by atoms with Gasteiger partial charge in [0, 0.05) is 23.0 Å². The van der Waals surface area contributed by atoms with Crippen LogP contribution in [-0.4, -0.2) is 11.0 Å². The van der Waals surface area contributed by atoms with Gasteiger partial charge in [-0.3, -0.25) is 0 Å². The topological polar surface area (TPSA) is 32.5 Å². The van der Waals surface area contributed by atoms with Gasteiger partial charge in [-0.2, -0.15) is 0 Å². The maximum atomic E-state index is 6.29. The zero-order valence-corrected chi connectivity index (χ0v) is 15.1. The molecule has 0 N–H and O–H groups in total. The summed E-state index contributed by atoms with van der Waals surface area (Å²) < 4.78 is 6.29. The number of fused-ring (bicyclic) bond motifs is 4. The molecule has 0 aliphatic carbocycles. The zero-order chi connectivity index (χ0) is 17.8. The number of furan rings is 1. The fourth-order valence-electron chi connectivity index (χ4n) is 3.75. The Hall–Kier alpha value is -3.01. The minimum absolute atomic E-state index is 0.323. The maximum absolute atomic E-state index is 6.29. The molecule has 0 amide bonds. The third-order valence-corrected chi connectivity index (χ3v) is 5.03. The number of aromatic nitrogens is 1. The fraction of sp³-hybridized carbons (Fsp3) is 0.182. The Balaban J connectivity index is 1.78. The largest absolute Gasteiger partial charge is 0.454 e. The van der Waals surface area contributed by atoms with Gasteiger partial charge in [-0.15, -0.1) is 0 Å². The molecule has 129 valence electrons. The van der Waals surface area contributed by atoms with Gasteiger partial charge in [0.25, 0.3) is 0 Å². The highest BCUT2D eigenvalue weighted by Crippen LogP contribution is 2.47. The van der Waals surface area contributed by atoms with Gasteiger partial charge in [-0.25, -0.2) is 4.98 Å². The van der Waals surface area contributed by atoms with Crippen molar-refractivity contribution in [3.8, 4) is 0 Å². The van der Waals surface area contributed by atoms with E-state index in [1.807, 2.05) is 24.4 Å². The van der Waals surface area contributed by atoms with Gasteiger partial charge in [0.05, 0.1) is 11.4 Å². The number of para-hydroxylation sites is 1. The predicted octanol–water partition coefficient (Wildman–Crippen LogP) is 5.78. The Morgan fingerprint density at radius 2 is 1.81 bits per heavy atom. The monoisotopic (exact) mass is 342 g/mol. The van der Waals surface area contributed by atoms with Crippen molar-refractivity contribution in [2.45, 2.75) is 26.8 Å². The summed E-state index contributed by atoms with van der Waals surface area (Å²) in [6.45, 7) is 8.61. The first-order valence-electron chi connectivity index (χ1n) is 8.93. The van der Waals surface area contributed by atoms with E-state index in [2.05, 4.69) is 72.6 Å². The third-order valence-electron chi connectivity index (χ3n) is 5.03. The highest BCUT2D eigenvalue weighted by Gasteiger charge is 2.32. The summed E-state index contributed by atoms with van der Waals surface area (Å²) in [5.74, 6) is 0.981. The van der Waals surface area contributed by atoms with E-state index >= 15 is 0 Å². The lowest BCUT2D eigenvalue weighted by Crippen LogP contribution is -2.29. The van der Waals surface area contributed by atoms with Crippen LogP contribution in [0.5, 0.6) is 0 Å². The number of hydrogen-bond donors (Lipinski definition) is 0. The normalized spacial score (nSPS) is 14.0. The predicted molar refractivity (Wildman–Crippen MR) is 107 cm³/mol. The number of hydrogen-bond acceptors (Lipinski definition) is 4. The Morgan fingerprint density at radius 1 is 0.962 bits per heavy atom. The van der Waals surface area contributed by atoms with Gasteiger partial charge in [0.1, 0.15) is 12.3 Å². The summed E-state index contributed by atoms with van der Waals surface area (Å²) in [6, 6.07) is 16.9. The molecule has 1 aliphatic rings. The van der Waals surface area contributed by atoms with Crippen LogP contribution >= 0.6 is 0 Å². The molecule has 26 heavy (non-hydrogen) atoms. The van der Waals surface area contributed by atoms with Crippen molar-refractivity contribution in [2.24, 2.45) is 0 Å². The van der Waals surface area contributed by atoms with E-state index in [-0.39, 0.29) is 0 Å². The van der Waals surface area contributed by atoms with Crippen LogP contribution < -0.4 is 9.80 Å². The van der Waals surface area contributed by atoms with Crippen molar-refractivity contribution >= 4 is 39.1 Å². The lowest BCUT2D eigenvalue weighted by molar-refractivity contribution is 0.667. The second-order valence-corrected chi connectivity index (χ2v) is 7.04. The number of aryl methyl sites for hydroxylation is 1. The summed E-state index contributed by atoms with van der Waals surface area (Å²) in [5, 5.41) is 2.29. The first-order valence-corrected chi connectivity index (χ1v) is 8.93. The number of benzene rings is 2. The number of rotatable bonds is 2. The molecule has 0 unspecified atom stereocenters. The number of nitrogens with zero attached hydrogens (tertiary/aromatic N) is 3. The summed E-state index contributed by atoms with van der Waals surface area (Å²) >= 11 is 0. The maximum Gasteiger partial charge on any atom is 0.159 e. The molecule has 4 aromatic rings. The molecule has 0 atom stereocenters. The van der Waals surface area contributed by atoms with Crippen molar-refractivity contribution in [2.75, 3.05) is 9.80 Å². The van der Waals surface area contributed by atoms with Crippen LogP contribution in [-0.2, 0) is 0 Å². The van der Waals surface area contributed by atoms with Crippen molar-refractivity contribution in [3.05, 3.63) is 67.0 Å². The van der Waals surface area contributed by atoms with E-state index in [9.17, 15) is 0 Å². The molecule has 0 spiro atoms. The second kappa shape index (κ2) is 5.49. The lowest BCUT2D eigenvalue weighted by Gasteiger charge is -2.24. The van der Waals surface area contributed by atoms with Crippen molar-refractivity contribution in [3.63, 3.8) is 0 Å². The van der Waals surface area contributed by atoms with Crippen LogP contribution in [0.15, 0.2) is 59.1 Å². The van der Waals surface area contributed by atoms with Crippen LogP contribution in [0.1, 0.15) is 19.4 Å². The van der Waals surface area contributed by atoms with Gasteiger partial charge in [-0.1, -0.05) is 30.3 Å². The molecule has 4 heteroatoms. The van der Waals surface area contributed by atoms with Gasteiger partial charge in [0.15, 0.2) is 11.4 Å². The summed E-state index contributed by atoms with van der Waals surface area (Å²) in [7, 11) is 0. The Bertz CT molecular complexity index is 1130. The number of anilines is 3. The Kier molecular flexibility index (Phi) is 3.23. The summed E-state index contributed by atoms with van der Waals surface area (Å²) in [4.78, 5) is 9.03. The molecule has 0 saturated heterocycles. The first kappa shape index (κ1) is 15.3. The molecular formula is C22H20N3O. The van der Waals surface area contributed by atoms with Crippen molar-refractivity contribution in [1.29, 1.82) is 0 Å². The highest BCUT2D eigenvalue weighted by atomic mass is 16.3. The molecule has 4 nitrogen and oxygen atoms in total. The lowest BCUT2D eigenvalue weighted by atomic mass is 10.1. The van der Waals surface area contributed by atoms with Crippen LogP contribution in [0.3, 0.4) is 0 Å². The molecular weight excluding hydrogens is 322 g/mol. The fourth-order valence-corrected chi connectivity index (χ4v) is 3.75. The van der Waals surface area contributed by atoms with E-state index in [1.54, 1.807) is 0 Å². The highest BCUT2D eigenvalue weighted by molar-refractivity contribution is 6.10. The van der Waals surface area contributed by atoms with Gasteiger partial charge >= 0.3 is 0 Å². The molecule has 0 fully saturated rings. The second-order valence-electron chi connectivity index (χ2n) is 7.04. The standard InChI is InChI=1S/C22H20N3O/c1-14(2)24-13-25(18-8-6-12-23-22(18)24)20-15(3)10-11-17-16-7-4-5-9-19(16)26-21(17)20/h4-14H,1-3H3.